The molecule has 0 aliphatic heterocycles. The first-order valence-corrected chi connectivity index (χ1v) is 5.07. The van der Waals surface area contributed by atoms with Gasteiger partial charge in [0.2, 0.25) is 0 Å². The molecule has 1 N–H and O–H groups in total. The molecule has 3 nitrogen and oxygen atoms in total. The summed E-state index contributed by atoms with van der Waals surface area (Å²) in [7, 11) is 0. The summed E-state index contributed by atoms with van der Waals surface area (Å²) in [5.74, 6) is 0.962. The lowest BCUT2D eigenvalue weighted by molar-refractivity contribution is 0.301. The van der Waals surface area contributed by atoms with E-state index in [4.69, 9.17) is 4.74 Å². The molecular weight excluding hydrogens is 202 g/mol. The van der Waals surface area contributed by atoms with E-state index in [1.165, 1.54) is 0 Å². The van der Waals surface area contributed by atoms with Crippen molar-refractivity contribution in [3.05, 3.63) is 53.9 Å². The lowest BCUT2D eigenvalue weighted by Crippen LogP contribution is -1.96. The number of aromatic nitrogens is 1. The zero-order valence-corrected chi connectivity index (χ0v) is 9.05. The SMILES string of the molecule is Cc1c(O)cccc1OCc1ccncc1. The predicted octanol–water partition coefficient (Wildman–Crippen LogP) is 2.67. The van der Waals surface area contributed by atoms with E-state index in [2.05, 4.69) is 4.98 Å². The number of phenols is 1. The fourth-order valence-corrected chi connectivity index (χ4v) is 1.40. The van der Waals surface area contributed by atoms with Crippen LogP contribution in [0.2, 0.25) is 0 Å². The molecule has 0 radical (unpaired) electrons. The third kappa shape index (κ3) is 2.31. The summed E-state index contributed by atoms with van der Waals surface area (Å²) in [6.45, 7) is 2.31. The van der Waals surface area contributed by atoms with Crippen LogP contribution in [0.4, 0.5) is 0 Å². The van der Waals surface area contributed by atoms with Crippen molar-refractivity contribution in [1.82, 2.24) is 4.98 Å². The molecule has 1 aromatic heterocycles. The Balaban J connectivity index is 2.08. The second-order valence-electron chi connectivity index (χ2n) is 3.54. The highest BCUT2D eigenvalue weighted by Crippen LogP contribution is 2.26. The second kappa shape index (κ2) is 4.66. The molecule has 2 aromatic rings. The molecule has 82 valence electrons. The van der Waals surface area contributed by atoms with E-state index < -0.39 is 0 Å². The van der Waals surface area contributed by atoms with Gasteiger partial charge >= 0.3 is 0 Å². The van der Waals surface area contributed by atoms with Crippen molar-refractivity contribution in [1.29, 1.82) is 0 Å². The van der Waals surface area contributed by atoms with Crippen molar-refractivity contribution in [2.75, 3.05) is 0 Å². The van der Waals surface area contributed by atoms with E-state index in [1.807, 2.05) is 25.1 Å². The van der Waals surface area contributed by atoms with Gasteiger partial charge in [0.05, 0.1) is 0 Å². The Morgan fingerprint density at radius 3 is 2.69 bits per heavy atom. The largest absolute Gasteiger partial charge is 0.508 e. The minimum absolute atomic E-state index is 0.257. The summed E-state index contributed by atoms with van der Waals surface area (Å²) < 4.78 is 5.62. The molecule has 16 heavy (non-hydrogen) atoms. The molecule has 0 bridgehead atoms. The first-order chi connectivity index (χ1) is 7.77. The van der Waals surface area contributed by atoms with Crippen molar-refractivity contribution >= 4 is 0 Å². The van der Waals surface area contributed by atoms with E-state index in [9.17, 15) is 5.11 Å². The highest BCUT2D eigenvalue weighted by molar-refractivity contribution is 5.42. The average Bonchev–Trinajstić information content (AvgIpc) is 2.32. The van der Waals surface area contributed by atoms with Crippen LogP contribution in [0.25, 0.3) is 0 Å². The minimum Gasteiger partial charge on any atom is -0.508 e. The Morgan fingerprint density at radius 2 is 1.94 bits per heavy atom. The summed E-state index contributed by atoms with van der Waals surface area (Å²) in [6.07, 6.45) is 3.46. The molecule has 0 aliphatic rings. The number of nitrogens with zero attached hydrogens (tertiary/aromatic N) is 1. The summed E-state index contributed by atoms with van der Waals surface area (Å²) in [4.78, 5) is 3.94. The molecule has 1 heterocycles. The smallest absolute Gasteiger partial charge is 0.126 e. The van der Waals surface area contributed by atoms with Gasteiger partial charge in [-0.25, -0.2) is 0 Å². The van der Waals surface area contributed by atoms with E-state index in [0.29, 0.717) is 12.4 Å². The van der Waals surface area contributed by atoms with Gasteiger partial charge in [-0.1, -0.05) is 6.07 Å². The molecule has 0 unspecified atom stereocenters. The van der Waals surface area contributed by atoms with E-state index >= 15 is 0 Å². The Kier molecular flexibility index (Phi) is 3.05. The molecule has 2 rings (SSSR count). The third-order valence-corrected chi connectivity index (χ3v) is 2.40. The maximum Gasteiger partial charge on any atom is 0.126 e. The lowest BCUT2D eigenvalue weighted by atomic mass is 10.2. The Labute approximate surface area is 94.3 Å². The molecule has 1 aromatic carbocycles. The number of hydrogen-bond donors (Lipinski definition) is 1. The molecule has 3 heteroatoms. The molecule has 0 atom stereocenters. The van der Waals surface area contributed by atoms with Gasteiger partial charge in [-0.05, 0) is 36.8 Å². The number of rotatable bonds is 3. The van der Waals surface area contributed by atoms with Crippen molar-refractivity contribution in [3.8, 4) is 11.5 Å². The van der Waals surface area contributed by atoms with Gasteiger partial charge in [0.25, 0.3) is 0 Å². The molecule has 0 aliphatic carbocycles. The average molecular weight is 215 g/mol. The van der Waals surface area contributed by atoms with Gasteiger partial charge in [-0.2, -0.15) is 0 Å². The van der Waals surface area contributed by atoms with Crippen LogP contribution in [0.3, 0.4) is 0 Å². The third-order valence-electron chi connectivity index (χ3n) is 2.40. The Bertz CT molecular complexity index is 469. The van der Waals surface area contributed by atoms with Crippen LogP contribution in [0.15, 0.2) is 42.7 Å². The zero-order valence-electron chi connectivity index (χ0n) is 9.05. The van der Waals surface area contributed by atoms with Gasteiger partial charge in [-0.15, -0.1) is 0 Å². The molecule has 0 saturated carbocycles. The van der Waals surface area contributed by atoms with E-state index in [1.54, 1.807) is 24.5 Å². The lowest BCUT2D eigenvalue weighted by Gasteiger charge is -2.09. The van der Waals surface area contributed by atoms with Gasteiger partial charge < -0.3 is 9.84 Å². The Hall–Kier alpha value is -2.03. The van der Waals surface area contributed by atoms with Crippen LogP contribution in [-0.2, 0) is 6.61 Å². The van der Waals surface area contributed by atoms with Crippen LogP contribution in [0.5, 0.6) is 11.5 Å². The molecule has 0 saturated heterocycles. The standard InChI is InChI=1S/C13H13NO2/c1-10-12(15)3-2-4-13(10)16-9-11-5-7-14-8-6-11/h2-8,15H,9H2,1H3. The summed E-state index contributed by atoms with van der Waals surface area (Å²) in [6, 6.07) is 9.06. The molecule has 0 amide bonds. The normalized spacial score (nSPS) is 10.1. The van der Waals surface area contributed by atoms with E-state index in [-0.39, 0.29) is 5.75 Å². The number of phenolic OH excluding ortho intramolecular Hbond substituents is 1. The quantitative estimate of drug-likeness (QED) is 0.855. The highest BCUT2D eigenvalue weighted by atomic mass is 16.5. The van der Waals surface area contributed by atoms with Crippen molar-refractivity contribution in [3.63, 3.8) is 0 Å². The van der Waals surface area contributed by atoms with Gasteiger partial charge in [0.15, 0.2) is 0 Å². The van der Waals surface area contributed by atoms with Crippen molar-refractivity contribution in [2.24, 2.45) is 0 Å². The molecule has 0 fully saturated rings. The maximum atomic E-state index is 9.51. The van der Waals surface area contributed by atoms with Gasteiger partial charge in [0.1, 0.15) is 18.1 Å². The fraction of sp³-hybridized carbons (Fsp3) is 0.154. The maximum absolute atomic E-state index is 9.51. The number of aromatic hydroxyl groups is 1. The number of hydrogen-bond acceptors (Lipinski definition) is 3. The first kappa shape index (κ1) is 10.5. The number of pyridine rings is 1. The Morgan fingerprint density at radius 1 is 1.19 bits per heavy atom. The fourth-order valence-electron chi connectivity index (χ4n) is 1.40. The summed E-state index contributed by atoms with van der Waals surface area (Å²) >= 11 is 0. The monoisotopic (exact) mass is 215 g/mol. The van der Waals surface area contributed by atoms with Gasteiger partial charge in [-0.3, -0.25) is 4.98 Å². The first-order valence-electron chi connectivity index (χ1n) is 5.07. The van der Waals surface area contributed by atoms with Gasteiger partial charge in [0, 0.05) is 18.0 Å². The number of ether oxygens (including phenoxy) is 1. The molecule has 0 spiro atoms. The van der Waals surface area contributed by atoms with Crippen molar-refractivity contribution < 1.29 is 9.84 Å². The van der Waals surface area contributed by atoms with Crippen LogP contribution in [0, 0.1) is 6.92 Å². The van der Waals surface area contributed by atoms with Crippen molar-refractivity contribution in [2.45, 2.75) is 13.5 Å². The van der Waals surface area contributed by atoms with Crippen LogP contribution >= 0.6 is 0 Å². The zero-order chi connectivity index (χ0) is 11.4. The summed E-state index contributed by atoms with van der Waals surface area (Å²) in [5, 5.41) is 9.51. The molecular formula is C13H13NO2. The second-order valence-corrected chi connectivity index (χ2v) is 3.54. The minimum atomic E-state index is 0.257. The van der Waals surface area contributed by atoms with E-state index in [0.717, 1.165) is 11.1 Å². The van der Waals surface area contributed by atoms with Crippen LogP contribution in [0.1, 0.15) is 11.1 Å². The number of benzene rings is 1. The van der Waals surface area contributed by atoms with Crippen LogP contribution < -0.4 is 4.74 Å². The topological polar surface area (TPSA) is 42.4 Å². The predicted molar refractivity (Wildman–Crippen MR) is 61.4 cm³/mol. The van der Waals surface area contributed by atoms with Crippen LogP contribution in [-0.4, -0.2) is 10.1 Å². The summed E-state index contributed by atoms with van der Waals surface area (Å²) in [5.41, 5.74) is 1.81. The highest BCUT2D eigenvalue weighted by Gasteiger charge is 2.03.